The SMILES string of the molecule is CC(C)CC(=O)N1CCCC1c1nc(COc2ccccc2Cl)c(C(=O)O)s1. The lowest BCUT2D eigenvalue weighted by molar-refractivity contribution is -0.132. The molecule has 1 fully saturated rings. The summed E-state index contributed by atoms with van der Waals surface area (Å²) < 4.78 is 5.68. The lowest BCUT2D eigenvalue weighted by atomic mass is 10.1. The van der Waals surface area contributed by atoms with Crippen molar-refractivity contribution in [2.24, 2.45) is 5.92 Å². The normalized spacial score (nSPS) is 16.6. The number of halogens is 1. The second kappa shape index (κ2) is 8.92. The number of benzene rings is 1. The first-order valence-corrected chi connectivity index (χ1v) is 10.5. The number of amides is 1. The molecule has 1 aliphatic heterocycles. The van der Waals surface area contributed by atoms with Gasteiger partial charge in [0.25, 0.3) is 0 Å². The molecule has 150 valence electrons. The number of carbonyl (C=O) groups excluding carboxylic acids is 1. The second-order valence-corrected chi connectivity index (χ2v) is 8.63. The predicted octanol–water partition coefficient (Wildman–Crippen LogP) is 4.78. The minimum Gasteiger partial charge on any atom is -0.486 e. The molecule has 0 spiro atoms. The first-order chi connectivity index (χ1) is 13.4. The van der Waals surface area contributed by atoms with Crippen molar-refractivity contribution in [1.29, 1.82) is 0 Å². The van der Waals surface area contributed by atoms with Gasteiger partial charge >= 0.3 is 5.97 Å². The minimum atomic E-state index is -1.04. The molecule has 0 saturated carbocycles. The van der Waals surface area contributed by atoms with Crippen LogP contribution in [0.1, 0.15) is 59.5 Å². The van der Waals surface area contributed by atoms with Gasteiger partial charge in [0.1, 0.15) is 27.9 Å². The predicted molar refractivity (Wildman–Crippen MR) is 108 cm³/mol. The number of aromatic nitrogens is 1. The van der Waals surface area contributed by atoms with Crippen LogP contribution in [0.2, 0.25) is 5.02 Å². The third-order valence-electron chi connectivity index (χ3n) is 4.55. The first-order valence-electron chi connectivity index (χ1n) is 9.26. The lowest BCUT2D eigenvalue weighted by Crippen LogP contribution is -2.31. The highest BCUT2D eigenvalue weighted by Crippen LogP contribution is 2.36. The largest absolute Gasteiger partial charge is 0.486 e. The molecule has 1 aromatic carbocycles. The number of rotatable bonds is 7. The Labute approximate surface area is 173 Å². The molecule has 3 rings (SSSR count). The average molecular weight is 423 g/mol. The fraction of sp³-hybridized carbons (Fsp3) is 0.450. The molecule has 6 nitrogen and oxygen atoms in total. The Morgan fingerprint density at radius 3 is 2.82 bits per heavy atom. The number of carboxylic acid groups (broad SMARTS) is 1. The van der Waals surface area contributed by atoms with E-state index in [2.05, 4.69) is 4.98 Å². The maximum absolute atomic E-state index is 12.6. The van der Waals surface area contributed by atoms with E-state index >= 15 is 0 Å². The van der Waals surface area contributed by atoms with Crippen LogP contribution < -0.4 is 4.74 Å². The van der Waals surface area contributed by atoms with E-state index in [-0.39, 0.29) is 29.4 Å². The van der Waals surface area contributed by atoms with Gasteiger partial charge in [-0.1, -0.05) is 37.6 Å². The van der Waals surface area contributed by atoms with Crippen LogP contribution in [0, 0.1) is 5.92 Å². The molecule has 28 heavy (non-hydrogen) atoms. The molecule has 1 unspecified atom stereocenters. The monoisotopic (exact) mass is 422 g/mol. The molecule has 1 atom stereocenters. The summed E-state index contributed by atoms with van der Waals surface area (Å²) in [5.41, 5.74) is 0.357. The Hall–Kier alpha value is -2.12. The average Bonchev–Trinajstić information content (AvgIpc) is 3.27. The third-order valence-corrected chi connectivity index (χ3v) is 6.05. The molecule has 1 aromatic heterocycles. The number of carboxylic acids is 1. The van der Waals surface area contributed by atoms with Crippen LogP contribution in [0.25, 0.3) is 0 Å². The van der Waals surface area contributed by atoms with Gasteiger partial charge in [-0.2, -0.15) is 0 Å². The van der Waals surface area contributed by atoms with Crippen LogP contribution in [-0.4, -0.2) is 33.4 Å². The molecule has 8 heteroatoms. The number of thiazole rings is 1. The Morgan fingerprint density at radius 1 is 1.39 bits per heavy atom. The smallest absolute Gasteiger partial charge is 0.347 e. The van der Waals surface area contributed by atoms with E-state index in [9.17, 15) is 14.7 Å². The number of aromatic carboxylic acids is 1. The van der Waals surface area contributed by atoms with Gasteiger partial charge in [0, 0.05) is 13.0 Å². The van der Waals surface area contributed by atoms with Gasteiger partial charge < -0.3 is 14.7 Å². The highest BCUT2D eigenvalue weighted by Gasteiger charge is 2.33. The molecule has 2 heterocycles. The zero-order chi connectivity index (χ0) is 20.3. The number of ether oxygens (including phenoxy) is 1. The van der Waals surface area contributed by atoms with Gasteiger partial charge in [-0.05, 0) is 30.9 Å². The number of hydrogen-bond acceptors (Lipinski definition) is 5. The Balaban J connectivity index is 1.81. The molecule has 2 aromatic rings. The Bertz CT molecular complexity index is 868. The third kappa shape index (κ3) is 4.64. The molecule has 0 bridgehead atoms. The maximum Gasteiger partial charge on any atom is 0.347 e. The van der Waals surface area contributed by atoms with Gasteiger partial charge in [0.15, 0.2) is 0 Å². The summed E-state index contributed by atoms with van der Waals surface area (Å²) in [6.45, 7) is 4.72. The molecule has 1 amide bonds. The molecule has 0 radical (unpaired) electrons. The summed E-state index contributed by atoms with van der Waals surface area (Å²) >= 11 is 7.22. The summed E-state index contributed by atoms with van der Waals surface area (Å²) in [4.78, 5) is 30.8. The molecule has 1 N–H and O–H groups in total. The van der Waals surface area contributed by atoms with Gasteiger partial charge in [-0.3, -0.25) is 4.79 Å². The molecule has 1 aliphatic rings. The maximum atomic E-state index is 12.6. The van der Waals surface area contributed by atoms with Gasteiger partial charge in [-0.25, -0.2) is 9.78 Å². The summed E-state index contributed by atoms with van der Waals surface area (Å²) in [5.74, 6) is -0.193. The number of likely N-dealkylation sites (tertiary alicyclic amines) is 1. The topological polar surface area (TPSA) is 79.7 Å². The van der Waals surface area contributed by atoms with E-state index in [0.29, 0.717) is 34.4 Å². The molecular weight excluding hydrogens is 400 g/mol. The highest BCUT2D eigenvalue weighted by atomic mass is 35.5. The van der Waals surface area contributed by atoms with Crippen molar-refractivity contribution < 1.29 is 19.4 Å². The van der Waals surface area contributed by atoms with Crippen LogP contribution in [0.5, 0.6) is 5.75 Å². The fourth-order valence-corrected chi connectivity index (χ4v) is 4.52. The van der Waals surface area contributed by atoms with Crippen molar-refractivity contribution in [3.63, 3.8) is 0 Å². The highest BCUT2D eigenvalue weighted by molar-refractivity contribution is 7.13. The Morgan fingerprint density at radius 2 is 2.14 bits per heavy atom. The van der Waals surface area contributed by atoms with Gasteiger partial charge in [0.05, 0.1) is 11.1 Å². The van der Waals surface area contributed by atoms with Crippen LogP contribution in [0.3, 0.4) is 0 Å². The summed E-state index contributed by atoms with van der Waals surface area (Å²) in [5, 5.41) is 10.7. The van der Waals surface area contributed by atoms with Crippen molar-refractivity contribution >= 4 is 34.8 Å². The zero-order valence-corrected chi connectivity index (χ0v) is 17.4. The van der Waals surface area contributed by atoms with Gasteiger partial charge in [-0.15, -0.1) is 11.3 Å². The van der Waals surface area contributed by atoms with Gasteiger partial charge in [0.2, 0.25) is 5.91 Å². The first kappa shape index (κ1) is 20.6. The second-order valence-electron chi connectivity index (χ2n) is 7.20. The molecule has 0 aliphatic carbocycles. The lowest BCUT2D eigenvalue weighted by Gasteiger charge is -2.24. The zero-order valence-electron chi connectivity index (χ0n) is 15.9. The van der Waals surface area contributed by atoms with E-state index in [1.54, 1.807) is 24.3 Å². The van der Waals surface area contributed by atoms with Crippen molar-refractivity contribution in [1.82, 2.24) is 9.88 Å². The number of para-hydroxylation sites is 1. The van der Waals surface area contributed by atoms with Crippen molar-refractivity contribution in [3.8, 4) is 5.75 Å². The van der Waals surface area contributed by atoms with Crippen LogP contribution >= 0.6 is 22.9 Å². The van der Waals surface area contributed by atoms with Crippen molar-refractivity contribution in [2.75, 3.05) is 6.54 Å². The van der Waals surface area contributed by atoms with E-state index in [4.69, 9.17) is 16.3 Å². The fourth-order valence-electron chi connectivity index (χ4n) is 3.27. The Kier molecular flexibility index (Phi) is 6.57. The standard InChI is InChI=1S/C20H23ClN2O4S/c1-12(2)10-17(24)23-9-5-7-15(23)19-22-14(18(28-19)20(25)26)11-27-16-8-4-3-6-13(16)21/h3-4,6,8,12,15H,5,7,9-11H2,1-2H3,(H,25,26). The van der Waals surface area contributed by atoms with E-state index in [0.717, 1.165) is 24.2 Å². The number of carbonyl (C=O) groups is 2. The van der Waals surface area contributed by atoms with Crippen molar-refractivity contribution in [3.05, 3.63) is 44.9 Å². The van der Waals surface area contributed by atoms with E-state index in [1.165, 1.54) is 0 Å². The van der Waals surface area contributed by atoms with E-state index in [1.807, 2.05) is 18.7 Å². The summed E-state index contributed by atoms with van der Waals surface area (Å²) in [6, 6.07) is 6.85. The van der Waals surface area contributed by atoms with Crippen LogP contribution in [0.15, 0.2) is 24.3 Å². The van der Waals surface area contributed by atoms with Crippen molar-refractivity contribution in [2.45, 2.75) is 45.8 Å². The number of hydrogen-bond donors (Lipinski definition) is 1. The molecular formula is C20H23ClN2O4S. The quantitative estimate of drug-likeness (QED) is 0.694. The minimum absolute atomic E-state index is 0.00846. The molecule has 1 saturated heterocycles. The van der Waals surface area contributed by atoms with Crippen LogP contribution in [-0.2, 0) is 11.4 Å². The number of nitrogens with zero attached hydrogens (tertiary/aromatic N) is 2. The summed E-state index contributed by atoms with van der Waals surface area (Å²) in [7, 11) is 0. The summed E-state index contributed by atoms with van der Waals surface area (Å²) in [6.07, 6.45) is 2.17. The van der Waals surface area contributed by atoms with E-state index < -0.39 is 5.97 Å². The van der Waals surface area contributed by atoms with Crippen LogP contribution in [0.4, 0.5) is 0 Å².